The van der Waals surface area contributed by atoms with Crippen LogP contribution in [0.5, 0.6) is 0 Å². The Hall–Kier alpha value is -3.10. The first-order valence-electron chi connectivity index (χ1n) is 11.2. The van der Waals surface area contributed by atoms with Crippen LogP contribution in [0.3, 0.4) is 0 Å². The third-order valence-electron chi connectivity index (χ3n) is 6.35. The molecule has 0 bridgehead atoms. The van der Waals surface area contributed by atoms with Crippen LogP contribution in [0.2, 0.25) is 0 Å². The van der Waals surface area contributed by atoms with Crippen molar-refractivity contribution in [2.45, 2.75) is 26.2 Å². The molecule has 2 heterocycles. The van der Waals surface area contributed by atoms with Gasteiger partial charge in [0.15, 0.2) is 0 Å². The SMILES string of the molecule is CCN(CC1CCCN(CCc2ccccc2C#N)C1)C(=O)c1cc2ccccc2[nH]1. The predicted octanol–water partition coefficient (Wildman–Crippen LogP) is 4.46. The van der Waals surface area contributed by atoms with Gasteiger partial charge in [-0.05, 0) is 62.4 Å². The van der Waals surface area contributed by atoms with E-state index < -0.39 is 0 Å². The maximum absolute atomic E-state index is 13.1. The van der Waals surface area contributed by atoms with Crippen LogP contribution in [0.15, 0.2) is 54.6 Å². The number of nitriles is 1. The van der Waals surface area contributed by atoms with Crippen molar-refractivity contribution >= 4 is 16.8 Å². The van der Waals surface area contributed by atoms with E-state index in [4.69, 9.17) is 0 Å². The minimum atomic E-state index is 0.0822. The van der Waals surface area contributed by atoms with Crippen molar-refractivity contribution in [3.63, 3.8) is 0 Å². The number of nitrogens with zero attached hydrogens (tertiary/aromatic N) is 3. The van der Waals surface area contributed by atoms with Gasteiger partial charge in [0.2, 0.25) is 0 Å². The minimum Gasteiger partial charge on any atom is -0.351 e. The summed E-state index contributed by atoms with van der Waals surface area (Å²) in [4.78, 5) is 20.9. The van der Waals surface area contributed by atoms with E-state index in [0.717, 1.165) is 67.5 Å². The van der Waals surface area contributed by atoms with Gasteiger partial charge in [-0.1, -0.05) is 36.4 Å². The summed E-state index contributed by atoms with van der Waals surface area (Å²) < 4.78 is 0. The van der Waals surface area contributed by atoms with E-state index in [1.807, 2.05) is 53.4 Å². The van der Waals surface area contributed by atoms with Crippen LogP contribution < -0.4 is 0 Å². The highest BCUT2D eigenvalue weighted by Gasteiger charge is 2.25. The number of hydrogen-bond acceptors (Lipinski definition) is 3. The smallest absolute Gasteiger partial charge is 0.270 e. The third-order valence-corrected chi connectivity index (χ3v) is 6.35. The Labute approximate surface area is 184 Å². The summed E-state index contributed by atoms with van der Waals surface area (Å²) in [5.41, 5.74) is 3.57. The Bertz CT molecular complexity index is 1050. The Balaban J connectivity index is 1.36. The average Bonchev–Trinajstić information content (AvgIpc) is 3.25. The van der Waals surface area contributed by atoms with Gasteiger partial charge in [-0.15, -0.1) is 0 Å². The molecule has 2 aromatic carbocycles. The molecule has 0 radical (unpaired) electrons. The van der Waals surface area contributed by atoms with Crippen LogP contribution in [0.4, 0.5) is 0 Å². The standard InChI is InChI=1S/C26H30N4O/c1-2-30(26(31)25-16-22-10-5-6-12-24(22)28-25)19-20-8-7-14-29(18-20)15-13-21-9-3-4-11-23(21)17-27/h3-6,9-12,16,20,28H,2,7-8,13-15,18-19H2,1H3. The van der Waals surface area contributed by atoms with Crippen molar-refractivity contribution in [3.05, 3.63) is 71.4 Å². The van der Waals surface area contributed by atoms with Gasteiger partial charge in [-0.3, -0.25) is 4.79 Å². The molecule has 0 spiro atoms. The zero-order valence-electron chi connectivity index (χ0n) is 18.2. The molecule has 1 amide bonds. The van der Waals surface area contributed by atoms with Gasteiger partial charge in [0.25, 0.3) is 5.91 Å². The quantitative estimate of drug-likeness (QED) is 0.621. The summed E-state index contributed by atoms with van der Waals surface area (Å²) >= 11 is 0. The lowest BCUT2D eigenvalue weighted by Crippen LogP contribution is -2.43. The summed E-state index contributed by atoms with van der Waals surface area (Å²) in [6.07, 6.45) is 3.20. The lowest BCUT2D eigenvalue weighted by Gasteiger charge is -2.35. The van der Waals surface area contributed by atoms with Gasteiger partial charge in [0.1, 0.15) is 5.69 Å². The largest absolute Gasteiger partial charge is 0.351 e. The molecule has 5 heteroatoms. The first-order chi connectivity index (χ1) is 15.2. The van der Waals surface area contributed by atoms with Gasteiger partial charge >= 0.3 is 0 Å². The van der Waals surface area contributed by atoms with Crippen molar-refractivity contribution in [1.82, 2.24) is 14.8 Å². The van der Waals surface area contributed by atoms with E-state index in [2.05, 4.69) is 28.9 Å². The zero-order chi connectivity index (χ0) is 21.6. The first-order valence-corrected chi connectivity index (χ1v) is 11.2. The maximum atomic E-state index is 13.1. The molecule has 1 aromatic heterocycles. The highest BCUT2D eigenvalue weighted by Crippen LogP contribution is 2.21. The number of amides is 1. The highest BCUT2D eigenvalue weighted by atomic mass is 16.2. The van der Waals surface area contributed by atoms with Gasteiger partial charge in [0, 0.05) is 37.1 Å². The lowest BCUT2D eigenvalue weighted by atomic mass is 9.96. The van der Waals surface area contributed by atoms with Crippen molar-refractivity contribution in [2.75, 3.05) is 32.7 Å². The molecular formula is C26H30N4O. The van der Waals surface area contributed by atoms with Crippen LogP contribution in [-0.4, -0.2) is 53.4 Å². The number of fused-ring (bicyclic) bond motifs is 1. The molecule has 31 heavy (non-hydrogen) atoms. The number of aromatic nitrogens is 1. The van der Waals surface area contributed by atoms with Crippen molar-refractivity contribution < 1.29 is 4.79 Å². The lowest BCUT2D eigenvalue weighted by molar-refractivity contribution is 0.0686. The molecule has 5 nitrogen and oxygen atoms in total. The number of benzene rings is 2. The van der Waals surface area contributed by atoms with Crippen molar-refractivity contribution in [1.29, 1.82) is 5.26 Å². The van der Waals surface area contributed by atoms with Gasteiger partial charge in [-0.2, -0.15) is 5.26 Å². The number of carbonyl (C=O) groups excluding carboxylic acids is 1. The molecule has 1 aliphatic rings. The Morgan fingerprint density at radius 3 is 2.84 bits per heavy atom. The fourth-order valence-corrected chi connectivity index (χ4v) is 4.66. The fourth-order valence-electron chi connectivity index (χ4n) is 4.66. The van der Waals surface area contributed by atoms with Crippen LogP contribution >= 0.6 is 0 Å². The number of aromatic amines is 1. The summed E-state index contributed by atoms with van der Waals surface area (Å²) in [7, 11) is 0. The maximum Gasteiger partial charge on any atom is 0.270 e. The summed E-state index contributed by atoms with van der Waals surface area (Å²) in [5, 5.41) is 10.4. The Kier molecular flexibility index (Phi) is 6.69. The highest BCUT2D eigenvalue weighted by molar-refractivity contribution is 5.98. The second-order valence-corrected chi connectivity index (χ2v) is 8.44. The van der Waals surface area contributed by atoms with Crippen LogP contribution in [0.1, 0.15) is 41.4 Å². The first kappa shape index (κ1) is 21.1. The van der Waals surface area contributed by atoms with Crippen LogP contribution in [0, 0.1) is 17.2 Å². The molecule has 1 aliphatic heterocycles. The molecule has 3 aromatic rings. The second kappa shape index (κ2) is 9.80. The van der Waals surface area contributed by atoms with Crippen molar-refractivity contribution in [3.8, 4) is 6.07 Å². The number of piperidine rings is 1. The molecule has 0 aliphatic carbocycles. The number of likely N-dealkylation sites (tertiary alicyclic amines) is 1. The van der Waals surface area contributed by atoms with Gasteiger partial charge < -0.3 is 14.8 Å². The molecule has 4 rings (SSSR count). The summed E-state index contributed by atoms with van der Waals surface area (Å²) in [6, 6.07) is 20.1. The van der Waals surface area contributed by atoms with Crippen LogP contribution in [-0.2, 0) is 6.42 Å². The van der Waals surface area contributed by atoms with Gasteiger partial charge in [0.05, 0.1) is 11.6 Å². The zero-order valence-corrected chi connectivity index (χ0v) is 18.2. The number of nitrogens with one attached hydrogen (secondary N) is 1. The molecule has 0 saturated carbocycles. The number of hydrogen-bond donors (Lipinski definition) is 1. The van der Waals surface area contributed by atoms with E-state index in [0.29, 0.717) is 18.2 Å². The molecule has 1 atom stereocenters. The average molecular weight is 415 g/mol. The Morgan fingerprint density at radius 2 is 2.03 bits per heavy atom. The fraction of sp³-hybridized carbons (Fsp3) is 0.385. The monoisotopic (exact) mass is 414 g/mol. The summed E-state index contributed by atoms with van der Waals surface area (Å²) in [5.74, 6) is 0.562. The third kappa shape index (κ3) is 4.98. The van der Waals surface area contributed by atoms with Gasteiger partial charge in [-0.25, -0.2) is 0 Å². The topological polar surface area (TPSA) is 63.1 Å². The van der Waals surface area contributed by atoms with E-state index in [1.165, 1.54) is 0 Å². The summed E-state index contributed by atoms with van der Waals surface area (Å²) in [6.45, 7) is 6.60. The van der Waals surface area contributed by atoms with E-state index in [1.54, 1.807) is 0 Å². The van der Waals surface area contributed by atoms with E-state index in [-0.39, 0.29) is 5.91 Å². The minimum absolute atomic E-state index is 0.0822. The number of para-hydroxylation sites is 1. The number of carbonyl (C=O) groups is 1. The Morgan fingerprint density at radius 1 is 1.23 bits per heavy atom. The molecule has 1 unspecified atom stereocenters. The van der Waals surface area contributed by atoms with Crippen LogP contribution in [0.25, 0.3) is 10.9 Å². The molecule has 1 N–H and O–H groups in total. The predicted molar refractivity (Wildman–Crippen MR) is 124 cm³/mol. The van der Waals surface area contributed by atoms with E-state index in [9.17, 15) is 10.1 Å². The van der Waals surface area contributed by atoms with E-state index >= 15 is 0 Å². The molecule has 160 valence electrons. The number of rotatable bonds is 7. The second-order valence-electron chi connectivity index (χ2n) is 8.44. The molecule has 1 saturated heterocycles. The molecule has 1 fully saturated rings. The number of H-pyrrole nitrogens is 1. The normalized spacial score (nSPS) is 16.8. The van der Waals surface area contributed by atoms with Crippen molar-refractivity contribution in [2.24, 2.45) is 5.92 Å². The molecular weight excluding hydrogens is 384 g/mol.